The van der Waals surface area contributed by atoms with Crippen LogP contribution in [0.15, 0.2) is 18.2 Å². The van der Waals surface area contributed by atoms with Crippen LogP contribution < -0.4 is 14.8 Å². The van der Waals surface area contributed by atoms with Gasteiger partial charge in [0.25, 0.3) is 0 Å². The number of nitrogens with one attached hydrogen (secondary N) is 1. The van der Waals surface area contributed by atoms with E-state index in [0.29, 0.717) is 25.5 Å². The number of nitrogens with zero attached hydrogens (tertiary/aromatic N) is 1. The van der Waals surface area contributed by atoms with E-state index in [2.05, 4.69) is 17.3 Å². The van der Waals surface area contributed by atoms with Gasteiger partial charge in [-0.3, -0.25) is 0 Å². The van der Waals surface area contributed by atoms with Crippen molar-refractivity contribution in [3.8, 4) is 11.5 Å². The summed E-state index contributed by atoms with van der Waals surface area (Å²) in [5.41, 5.74) is 0.832. The quantitative estimate of drug-likeness (QED) is 0.822. The molecule has 1 aromatic rings. The Labute approximate surface area is 131 Å². The average Bonchev–Trinajstić information content (AvgIpc) is 2.54. The summed E-state index contributed by atoms with van der Waals surface area (Å²) in [6.45, 7) is 5.04. The second-order valence-corrected chi connectivity index (χ2v) is 5.83. The lowest BCUT2D eigenvalue weighted by Gasteiger charge is -2.30. The third kappa shape index (κ3) is 3.89. The highest BCUT2D eigenvalue weighted by Gasteiger charge is 2.19. The molecule has 1 aromatic carbocycles. The summed E-state index contributed by atoms with van der Waals surface area (Å²) in [7, 11) is 2.10. The average molecular weight is 308 g/mol. The van der Waals surface area contributed by atoms with Gasteiger partial charge in [0.2, 0.25) is 0 Å². The summed E-state index contributed by atoms with van der Waals surface area (Å²) < 4.78 is 16.7. The molecule has 2 aliphatic heterocycles. The minimum Gasteiger partial charge on any atom is -0.486 e. The van der Waals surface area contributed by atoms with Crippen LogP contribution in [0.2, 0.25) is 0 Å². The van der Waals surface area contributed by atoms with E-state index in [0.717, 1.165) is 37.6 Å². The number of hydrogen-bond donors (Lipinski definition) is 2. The van der Waals surface area contributed by atoms with Crippen LogP contribution in [0, 0.1) is 0 Å². The van der Waals surface area contributed by atoms with Crippen molar-refractivity contribution in [1.82, 2.24) is 10.2 Å². The van der Waals surface area contributed by atoms with Crippen molar-refractivity contribution in [1.29, 1.82) is 0 Å². The molecule has 0 amide bonds. The van der Waals surface area contributed by atoms with E-state index in [9.17, 15) is 5.11 Å². The van der Waals surface area contributed by atoms with Crippen LogP contribution in [0.4, 0.5) is 0 Å². The Hall–Kier alpha value is -1.34. The predicted octanol–water partition coefficient (Wildman–Crippen LogP) is 0.411. The molecule has 2 atom stereocenters. The van der Waals surface area contributed by atoms with Crippen LogP contribution in [0.3, 0.4) is 0 Å². The second kappa shape index (κ2) is 7.28. The molecule has 6 heteroatoms. The summed E-state index contributed by atoms with van der Waals surface area (Å²) in [4.78, 5) is 2.26. The molecule has 2 aliphatic rings. The Balaban J connectivity index is 1.48. The Bertz CT molecular complexity index is 497. The molecule has 2 N–H and O–H groups in total. The molecule has 122 valence electrons. The zero-order chi connectivity index (χ0) is 15.4. The maximum atomic E-state index is 10.3. The Morgan fingerprint density at radius 3 is 2.91 bits per heavy atom. The highest BCUT2D eigenvalue weighted by molar-refractivity contribution is 5.44. The molecular weight excluding hydrogens is 284 g/mol. The fourth-order valence-electron chi connectivity index (χ4n) is 2.76. The summed E-state index contributed by atoms with van der Waals surface area (Å²) in [6.07, 6.45) is -0.386. The van der Waals surface area contributed by atoms with Crippen LogP contribution in [0.25, 0.3) is 0 Å². The van der Waals surface area contributed by atoms with Crippen LogP contribution in [0.5, 0.6) is 11.5 Å². The van der Waals surface area contributed by atoms with Gasteiger partial charge in [0.05, 0.1) is 18.8 Å². The van der Waals surface area contributed by atoms with Crippen molar-refractivity contribution in [2.75, 3.05) is 53.0 Å². The van der Waals surface area contributed by atoms with E-state index >= 15 is 0 Å². The summed E-state index contributed by atoms with van der Waals surface area (Å²) in [6, 6.07) is 5.59. The van der Waals surface area contributed by atoms with Crippen molar-refractivity contribution in [2.45, 2.75) is 12.2 Å². The maximum Gasteiger partial charge on any atom is 0.161 e. The molecule has 1 fully saturated rings. The van der Waals surface area contributed by atoms with Gasteiger partial charge in [-0.25, -0.2) is 0 Å². The number of hydrogen-bond acceptors (Lipinski definition) is 6. The lowest BCUT2D eigenvalue weighted by atomic mass is 10.1. The highest BCUT2D eigenvalue weighted by Crippen LogP contribution is 2.32. The first-order valence-corrected chi connectivity index (χ1v) is 7.81. The fraction of sp³-hybridized carbons (Fsp3) is 0.625. The number of rotatable bonds is 5. The standard InChI is InChI=1S/C16H24N2O4/c1-18-4-5-20-13(11-18)9-17-10-14(19)12-2-3-15-16(8-12)22-7-6-21-15/h2-3,8,13-14,17,19H,4-7,9-11H2,1H3/t13-,14-/m1/s1. The first kappa shape index (κ1) is 15.6. The van der Waals surface area contributed by atoms with E-state index in [4.69, 9.17) is 14.2 Å². The molecule has 22 heavy (non-hydrogen) atoms. The van der Waals surface area contributed by atoms with Gasteiger partial charge < -0.3 is 29.5 Å². The number of benzene rings is 1. The molecule has 0 aliphatic carbocycles. The number of morpholine rings is 1. The SMILES string of the molecule is CN1CCO[C@H](CNC[C@@H](O)c2ccc3c(c2)OCCO3)C1. The predicted molar refractivity (Wildman–Crippen MR) is 82.5 cm³/mol. The smallest absolute Gasteiger partial charge is 0.161 e. The fourth-order valence-corrected chi connectivity index (χ4v) is 2.76. The molecule has 0 aromatic heterocycles. The Morgan fingerprint density at radius 2 is 2.09 bits per heavy atom. The third-order valence-electron chi connectivity index (χ3n) is 4.00. The van der Waals surface area contributed by atoms with Crippen LogP contribution in [0.1, 0.15) is 11.7 Å². The molecule has 2 heterocycles. The molecule has 0 unspecified atom stereocenters. The second-order valence-electron chi connectivity index (χ2n) is 5.83. The first-order valence-electron chi connectivity index (χ1n) is 7.81. The van der Waals surface area contributed by atoms with Gasteiger partial charge in [0, 0.05) is 26.2 Å². The van der Waals surface area contributed by atoms with Crippen molar-refractivity contribution < 1.29 is 19.3 Å². The largest absolute Gasteiger partial charge is 0.486 e. The zero-order valence-electron chi connectivity index (χ0n) is 13.0. The first-order chi connectivity index (χ1) is 10.7. The van der Waals surface area contributed by atoms with Gasteiger partial charge in [-0.2, -0.15) is 0 Å². The summed E-state index contributed by atoms with van der Waals surface area (Å²) in [5, 5.41) is 13.6. The van der Waals surface area contributed by atoms with E-state index in [1.165, 1.54) is 0 Å². The van der Waals surface area contributed by atoms with Crippen LogP contribution in [-0.2, 0) is 4.74 Å². The molecule has 0 bridgehead atoms. The molecule has 0 radical (unpaired) electrons. The number of fused-ring (bicyclic) bond motifs is 1. The number of aliphatic hydroxyl groups excluding tert-OH is 1. The zero-order valence-corrected chi connectivity index (χ0v) is 13.0. The summed E-state index contributed by atoms with van der Waals surface area (Å²) >= 11 is 0. The lowest BCUT2D eigenvalue weighted by molar-refractivity contribution is -0.0191. The van der Waals surface area contributed by atoms with E-state index in [1.807, 2.05) is 18.2 Å². The molecule has 6 nitrogen and oxygen atoms in total. The van der Waals surface area contributed by atoms with Gasteiger partial charge in [0.1, 0.15) is 13.2 Å². The Morgan fingerprint density at radius 1 is 1.27 bits per heavy atom. The van der Waals surface area contributed by atoms with Crippen molar-refractivity contribution in [3.63, 3.8) is 0 Å². The van der Waals surface area contributed by atoms with Gasteiger partial charge in [-0.1, -0.05) is 6.07 Å². The molecule has 0 saturated carbocycles. The van der Waals surface area contributed by atoms with Crippen molar-refractivity contribution in [2.24, 2.45) is 0 Å². The molecule has 3 rings (SSSR count). The van der Waals surface area contributed by atoms with Crippen LogP contribution in [-0.4, -0.2) is 69.2 Å². The van der Waals surface area contributed by atoms with Crippen molar-refractivity contribution >= 4 is 0 Å². The van der Waals surface area contributed by atoms with Gasteiger partial charge >= 0.3 is 0 Å². The van der Waals surface area contributed by atoms with Crippen LogP contribution >= 0.6 is 0 Å². The highest BCUT2D eigenvalue weighted by atomic mass is 16.6. The van der Waals surface area contributed by atoms with E-state index < -0.39 is 6.10 Å². The number of aliphatic hydroxyl groups is 1. The van der Waals surface area contributed by atoms with E-state index in [-0.39, 0.29) is 6.10 Å². The van der Waals surface area contributed by atoms with Gasteiger partial charge in [-0.05, 0) is 24.7 Å². The van der Waals surface area contributed by atoms with Gasteiger partial charge in [0.15, 0.2) is 11.5 Å². The van der Waals surface area contributed by atoms with Crippen molar-refractivity contribution in [3.05, 3.63) is 23.8 Å². The Kier molecular flexibility index (Phi) is 5.15. The minimum atomic E-state index is -0.572. The topological polar surface area (TPSA) is 63.2 Å². The normalized spacial score (nSPS) is 23.3. The minimum absolute atomic E-state index is 0.186. The van der Waals surface area contributed by atoms with Gasteiger partial charge in [-0.15, -0.1) is 0 Å². The number of likely N-dealkylation sites (N-methyl/N-ethyl adjacent to an activating group) is 1. The molecule has 1 saturated heterocycles. The number of ether oxygens (including phenoxy) is 3. The maximum absolute atomic E-state index is 10.3. The third-order valence-corrected chi connectivity index (χ3v) is 4.00. The van der Waals surface area contributed by atoms with E-state index in [1.54, 1.807) is 0 Å². The monoisotopic (exact) mass is 308 g/mol. The molecular formula is C16H24N2O4. The molecule has 0 spiro atoms. The summed E-state index contributed by atoms with van der Waals surface area (Å²) in [5.74, 6) is 1.45. The lowest BCUT2D eigenvalue weighted by Crippen LogP contribution is -2.45.